The second-order valence-corrected chi connectivity index (χ2v) is 5.58. The van der Waals surface area contributed by atoms with Gasteiger partial charge in [-0.25, -0.2) is 9.13 Å². The Balaban J connectivity index is 2.15. The van der Waals surface area contributed by atoms with Gasteiger partial charge in [-0.15, -0.1) is 0 Å². The molecular weight excluding hydrogens is 258 g/mol. The Morgan fingerprint density at radius 2 is 1.71 bits per heavy atom. The van der Waals surface area contributed by atoms with Gasteiger partial charge in [-0.05, 0) is 43.3 Å². The van der Waals surface area contributed by atoms with Crippen LogP contribution in [0.5, 0.6) is 0 Å². The summed E-state index contributed by atoms with van der Waals surface area (Å²) in [7, 11) is 4.27. The van der Waals surface area contributed by atoms with Gasteiger partial charge in [-0.3, -0.25) is 0 Å². The van der Waals surface area contributed by atoms with Crippen molar-refractivity contribution in [3.8, 4) is 11.5 Å². The molecule has 0 radical (unpaired) electrons. The number of hydrogen-bond acceptors (Lipinski definition) is 0. The van der Waals surface area contributed by atoms with Gasteiger partial charge in [0.1, 0.15) is 5.69 Å². The summed E-state index contributed by atoms with van der Waals surface area (Å²) in [5.41, 5.74) is 6.20. The minimum Gasteiger partial charge on any atom is -0.307 e. The molecule has 0 saturated carbocycles. The van der Waals surface area contributed by atoms with Crippen molar-refractivity contribution < 1.29 is 4.57 Å². The van der Waals surface area contributed by atoms with E-state index < -0.39 is 0 Å². The van der Waals surface area contributed by atoms with Crippen LogP contribution in [-0.2, 0) is 14.1 Å². The molecule has 4 aromatic rings. The van der Waals surface area contributed by atoms with E-state index in [2.05, 4.69) is 89.2 Å². The van der Waals surface area contributed by atoms with E-state index in [4.69, 9.17) is 0 Å². The minimum atomic E-state index is 1.21. The Hall–Kier alpha value is -2.55. The third-order valence-corrected chi connectivity index (χ3v) is 4.34. The Kier molecular flexibility index (Phi) is 2.45. The van der Waals surface area contributed by atoms with Gasteiger partial charge in [0, 0.05) is 11.2 Å². The quantitative estimate of drug-likeness (QED) is 0.474. The highest BCUT2D eigenvalue weighted by molar-refractivity contribution is 5.76. The largest absolute Gasteiger partial charge is 0.307 e. The molecule has 3 nitrogen and oxygen atoms in total. The Morgan fingerprint density at radius 1 is 0.905 bits per heavy atom. The van der Waals surface area contributed by atoms with Crippen molar-refractivity contribution in [2.45, 2.75) is 6.92 Å². The highest BCUT2D eigenvalue weighted by atomic mass is 15.2. The number of nitrogens with zero attached hydrogens (tertiary/aromatic N) is 3. The summed E-state index contributed by atoms with van der Waals surface area (Å²) in [6.07, 6.45) is 0. The van der Waals surface area contributed by atoms with Crippen molar-refractivity contribution in [2.75, 3.05) is 0 Å². The van der Waals surface area contributed by atoms with Crippen LogP contribution in [0.2, 0.25) is 0 Å². The van der Waals surface area contributed by atoms with Crippen LogP contribution in [0.3, 0.4) is 0 Å². The molecule has 0 N–H and O–H groups in total. The number of rotatable bonds is 1. The second kappa shape index (κ2) is 4.22. The van der Waals surface area contributed by atoms with Crippen LogP contribution >= 0.6 is 0 Å². The first kappa shape index (κ1) is 12.2. The summed E-state index contributed by atoms with van der Waals surface area (Å²) in [5.74, 6) is 1.21. The molecule has 0 bridgehead atoms. The zero-order valence-electron chi connectivity index (χ0n) is 12.5. The SMILES string of the molecule is Cc1cccc2ccc(-c3n(C)c4ccccc4[n+]3C)n12. The van der Waals surface area contributed by atoms with E-state index in [0.717, 1.165) is 0 Å². The average molecular weight is 276 g/mol. The fraction of sp³-hybridized carbons (Fsp3) is 0.167. The topological polar surface area (TPSA) is 13.2 Å². The molecule has 21 heavy (non-hydrogen) atoms. The van der Waals surface area contributed by atoms with Crippen LogP contribution in [0.15, 0.2) is 54.6 Å². The van der Waals surface area contributed by atoms with Gasteiger partial charge < -0.3 is 4.40 Å². The normalized spacial score (nSPS) is 11.6. The lowest BCUT2D eigenvalue weighted by atomic mass is 10.3. The number of para-hydroxylation sites is 2. The first-order chi connectivity index (χ1) is 10.2. The molecular formula is C18H18N3+. The lowest BCUT2D eigenvalue weighted by Crippen LogP contribution is -2.30. The molecule has 0 amide bonds. The van der Waals surface area contributed by atoms with Crippen LogP contribution in [0.4, 0.5) is 0 Å². The average Bonchev–Trinajstić information content (AvgIpc) is 3.01. The molecule has 0 unspecified atom stereocenters. The van der Waals surface area contributed by atoms with Crippen LogP contribution in [0.1, 0.15) is 5.69 Å². The van der Waals surface area contributed by atoms with E-state index in [1.807, 2.05) is 0 Å². The molecule has 3 aromatic heterocycles. The standard InChI is InChI=1S/C18H18N3/c1-13-7-6-8-14-11-12-17(21(13)14)18-19(2)15-9-4-5-10-16(15)20(18)3/h4-12H,1-3H3/q+1. The molecule has 3 heteroatoms. The predicted molar refractivity (Wildman–Crippen MR) is 85.2 cm³/mol. The molecule has 0 spiro atoms. The predicted octanol–water partition coefficient (Wildman–Crippen LogP) is 3.23. The number of benzene rings is 1. The molecule has 0 aliphatic rings. The Morgan fingerprint density at radius 3 is 2.52 bits per heavy atom. The lowest BCUT2D eigenvalue weighted by molar-refractivity contribution is -0.634. The van der Waals surface area contributed by atoms with Gasteiger partial charge in [-0.2, -0.15) is 0 Å². The minimum absolute atomic E-state index is 1.21. The van der Waals surface area contributed by atoms with Crippen molar-refractivity contribution in [3.05, 3.63) is 60.3 Å². The van der Waals surface area contributed by atoms with Crippen molar-refractivity contribution in [1.82, 2.24) is 8.97 Å². The van der Waals surface area contributed by atoms with Crippen molar-refractivity contribution in [1.29, 1.82) is 0 Å². The van der Waals surface area contributed by atoms with E-state index in [0.29, 0.717) is 0 Å². The highest BCUT2D eigenvalue weighted by Crippen LogP contribution is 2.25. The summed E-state index contributed by atoms with van der Waals surface area (Å²) in [4.78, 5) is 0. The van der Waals surface area contributed by atoms with E-state index in [-0.39, 0.29) is 0 Å². The Labute approximate surface area is 123 Å². The molecule has 0 saturated heterocycles. The van der Waals surface area contributed by atoms with Crippen LogP contribution in [0.25, 0.3) is 28.1 Å². The van der Waals surface area contributed by atoms with Gasteiger partial charge in [-0.1, -0.05) is 18.2 Å². The molecule has 0 fully saturated rings. The molecule has 0 aliphatic heterocycles. The fourth-order valence-corrected chi connectivity index (χ4v) is 3.34. The van der Waals surface area contributed by atoms with Gasteiger partial charge in [0.2, 0.25) is 0 Å². The first-order valence-corrected chi connectivity index (χ1v) is 7.19. The number of hydrogen-bond donors (Lipinski definition) is 0. The maximum atomic E-state index is 2.31. The monoisotopic (exact) mass is 276 g/mol. The maximum Gasteiger partial charge on any atom is 0.306 e. The maximum absolute atomic E-state index is 2.31. The zero-order valence-corrected chi connectivity index (χ0v) is 12.5. The number of aromatic nitrogens is 3. The number of pyridine rings is 1. The third-order valence-electron chi connectivity index (χ3n) is 4.34. The van der Waals surface area contributed by atoms with E-state index in [9.17, 15) is 0 Å². The molecule has 4 rings (SSSR count). The van der Waals surface area contributed by atoms with E-state index in [1.165, 1.54) is 33.8 Å². The summed E-state index contributed by atoms with van der Waals surface area (Å²) in [6, 6.07) is 19.3. The second-order valence-electron chi connectivity index (χ2n) is 5.58. The number of imidazole rings is 1. The highest BCUT2D eigenvalue weighted by Gasteiger charge is 2.23. The molecule has 3 heterocycles. The summed E-state index contributed by atoms with van der Waals surface area (Å²) in [5, 5.41) is 0. The van der Waals surface area contributed by atoms with Gasteiger partial charge in [0.25, 0.3) is 0 Å². The van der Waals surface area contributed by atoms with Crippen molar-refractivity contribution >= 4 is 16.6 Å². The molecule has 104 valence electrons. The molecule has 1 aromatic carbocycles. The zero-order chi connectivity index (χ0) is 14.6. The van der Waals surface area contributed by atoms with Crippen LogP contribution in [-0.4, -0.2) is 8.97 Å². The molecule has 0 atom stereocenters. The van der Waals surface area contributed by atoms with Crippen molar-refractivity contribution in [2.24, 2.45) is 14.1 Å². The summed E-state index contributed by atoms with van der Waals surface area (Å²) < 4.78 is 6.85. The molecule has 0 aliphatic carbocycles. The third kappa shape index (κ3) is 1.57. The van der Waals surface area contributed by atoms with Gasteiger partial charge in [0.05, 0.1) is 14.1 Å². The Bertz CT molecular complexity index is 934. The fourth-order valence-electron chi connectivity index (χ4n) is 3.34. The summed E-state index contributed by atoms with van der Waals surface area (Å²) in [6.45, 7) is 2.15. The number of fused-ring (bicyclic) bond motifs is 2. The van der Waals surface area contributed by atoms with Gasteiger partial charge >= 0.3 is 5.82 Å². The van der Waals surface area contributed by atoms with Crippen molar-refractivity contribution in [3.63, 3.8) is 0 Å². The van der Waals surface area contributed by atoms with E-state index in [1.54, 1.807) is 0 Å². The van der Waals surface area contributed by atoms with Gasteiger partial charge in [0.15, 0.2) is 11.0 Å². The van der Waals surface area contributed by atoms with Crippen LogP contribution < -0.4 is 4.57 Å². The lowest BCUT2D eigenvalue weighted by Gasteiger charge is -2.04. The first-order valence-electron chi connectivity index (χ1n) is 7.19. The van der Waals surface area contributed by atoms with Crippen LogP contribution in [0, 0.1) is 6.92 Å². The van der Waals surface area contributed by atoms with E-state index >= 15 is 0 Å². The summed E-state index contributed by atoms with van der Waals surface area (Å²) >= 11 is 0. The number of aryl methyl sites for hydroxylation is 3. The smallest absolute Gasteiger partial charge is 0.306 e.